The molecule has 0 bridgehead atoms. The Balaban J connectivity index is 2.06. The maximum absolute atomic E-state index is 9.95. The molecular weight excluding hydrogens is 240 g/mol. The Morgan fingerprint density at radius 1 is 1.37 bits per heavy atom. The van der Waals surface area contributed by atoms with E-state index in [1.54, 1.807) is 6.19 Å². The van der Waals surface area contributed by atoms with Gasteiger partial charge in [0.25, 0.3) is 0 Å². The molecule has 1 N–H and O–H groups in total. The summed E-state index contributed by atoms with van der Waals surface area (Å²) in [5.41, 5.74) is -0.596. The highest BCUT2D eigenvalue weighted by Gasteiger charge is 2.32. The number of rotatable bonds is 2. The van der Waals surface area contributed by atoms with E-state index in [0.717, 1.165) is 12.8 Å². The van der Waals surface area contributed by atoms with E-state index >= 15 is 0 Å². The zero-order chi connectivity index (χ0) is 13.7. The fourth-order valence-electron chi connectivity index (χ4n) is 2.34. The smallest absolute Gasteiger partial charge is 0.208 e. The molecule has 0 radical (unpaired) electrons. The Bertz CT molecular complexity index is 479. The molecule has 1 fully saturated rings. The van der Waals surface area contributed by atoms with Crippen LogP contribution in [0.5, 0.6) is 5.75 Å². The van der Waals surface area contributed by atoms with Crippen LogP contribution in [-0.4, -0.2) is 16.6 Å². The van der Waals surface area contributed by atoms with Crippen LogP contribution in [0.3, 0.4) is 0 Å². The third-order valence-corrected chi connectivity index (χ3v) is 3.54. The van der Waals surface area contributed by atoms with E-state index in [1.807, 2.05) is 37.3 Å². The van der Waals surface area contributed by atoms with Crippen molar-refractivity contribution in [3.63, 3.8) is 0 Å². The van der Waals surface area contributed by atoms with Crippen molar-refractivity contribution in [1.29, 1.82) is 5.26 Å². The van der Waals surface area contributed by atoms with E-state index in [4.69, 9.17) is 10.00 Å². The number of nitrogens with zero attached hydrogens (tertiary/aromatic N) is 2. The lowest BCUT2D eigenvalue weighted by Gasteiger charge is -2.32. The van der Waals surface area contributed by atoms with Gasteiger partial charge in [-0.2, -0.15) is 5.26 Å². The molecule has 1 saturated carbocycles. The molecule has 4 nitrogen and oxygen atoms in total. The molecule has 2 rings (SSSR count). The van der Waals surface area contributed by atoms with Crippen LogP contribution in [0.2, 0.25) is 0 Å². The molecule has 1 aromatic rings. The first-order valence-corrected chi connectivity index (χ1v) is 6.53. The average Bonchev–Trinajstić information content (AvgIpc) is 2.39. The van der Waals surface area contributed by atoms with Crippen LogP contribution in [0.25, 0.3) is 0 Å². The summed E-state index contributed by atoms with van der Waals surface area (Å²) in [6.07, 6.45) is 4.81. The van der Waals surface area contributed by atoms with E-state index in [2.05, 4.69) is 4.99 Å². The molecule has 1 aliphatic rings. The highest BCUT2D eigenvalue weighted by atomic mass is 16.5. The van der Waals surface area contributed by atoms with Gasteiger partial charge in [0, 0.05) is 5.92 Å². The predicted octanol–water partition coefficient (Wildman–Crippen LogP) is 2.89. The van der Waals surface area contributed by atoms with E-state index in [-0.39, 0.29) is 5.92 Å². The molecule has 19 heavy (non-hydrogen) atoms. The lowest BCUT2D eigenvalue weighted by atomic mass is 9.80. The summed E-state index contributed by atoms with van der Waals surface area (Å²) in [6.45, 7) is 1.85. The molecule has 0 aliphatic heterocycles. The summed E-state index contributed by atoms with van der Waals surface area (Å²) in [7, 11) is 0. The fourth-order valence-corrected chi connectivity index (χ4v) is 2.34. The summed E-state index contributed by atoms with van der Waals surface area (Å²) in [6, 6.07) is 9.35. The average molecular weight is 258 g/mol. The lowest BCUT2D eigenvalue weighted by molar-refractivity contribution is 0.0145. The zero-order valence-electron chi connectivity index (χ0n) is 11.0. The number of benzene rings is 1. The van der Waals surface area contributed by atoms with Crippen molar-refractivity contribution in [3.8, 4) is 11.9 Å². The van der Waals surface area contributed by atoms with Crippen molar-refractivity contribution >= 4 is 5.90 Å². The van der Waals surface area contributed by atoms with Crippen LogP contribution in [0.4, 0.5) is 0 Å². The highest BCUT2D eigenvalue weighted by Crippen LogP contribution is 2.33. The Morgan fingerprint density at radius 2 is 2.00 bits per heavy atom. The van der Waals surface area contributed by atoms with Crippen LogP contribution in [-0.2, 0) is 0 Å². The summed E-state index contributed by atoms with van der Waals surface area (Å²) in [5, 5.41) is 18.7. The number of nitriles is 1. The molecule has 0 saturated heterocycles. The number of hydrogen-bond donors (Lipinski definition) is 1. The van der Waals surface area contributed by atoms with Gasteiger partial charge in [-0.15, -0.1) is 4.99 Å². The molecule has 0 atom stereocenters. The fraction of sp³-hybridized carbons (Fsp3) is 0.467. The molecule has 0 heterocycles. The van der Waals surface area contributed by atoms with E-state index in [0.29, 0.717) is 24.5 Å². The number of hydrogen-bond acceptors (Lipinski definition) is 4. The quantitative estimate of drug-likeness (QED) is 0.504. The third-order valence-electron chi connectivity index (χ3n) is 3.54. The van der Waals surface area contributed by atoms with Crippen molar-refractivity contribution in [2.75, 3.05) is 0 Å². The second-order valence-corrected chi connectivity index (χ2v) is 5.24. The molecule has 4 heteroatoms. The van der Waals surface area contributed by atoms with Crippen LogP contribution in [0.15, 0.2) is 35.3 Å². The van der Waals surface area contributed by atoms with Crippen LogP contribution < -0.4 is 4.74 Å². The standard InChI is InChI=1S/C15H18N2O2/c1-15(18)9-7-12(8-10-15)14(17-11-16)19-13-5-3-2-4-6-13/h2-6,12,18H,7-10H2,1H3/b17-14+. The minimum Gasteiger partial charge on any atom is -0.442 e. The molecule has 0 unspecified atom stereocenters. The Hall–Kier alpha value is -1.86. The maximum Gasteiger partial charge on any atom is 0.208 e. The molecule has 100 valence electrons. The topological polar surface area (TPSA) is 65.6 Å². The lowest BCUT2D eigenvalue weighted by Crippen LogP contribution is -2.34. The van der Waals surface area contributed by atoms with Gasteiger partial charge in [0.15, 0.2) is 0 Å². The SMILES string of the molecule is CC1(O)CCC(/C(=N\C#N)Oc2ccccc2)CC1. The summed E-state index contributed by atoms with van der Waals surface area (Å²) in [4.78, 5) is 3.81. The summed E-state index contributed by atoms with van der Waals surface area (Å²) < 4.78 is 5.71. The van der Waals surface area contributed by atoms with Crippen LogP contribution >= 0.6 is 0 Å². The first kappa shape index (κ1) is 13.6. The molecule has 0 amide bonds. The third kappa shape index (κ3) is 3.80. The van der Waals surface area contributed by atoms with Gasteiger partial charge in [-0.05, 0) is 44.7 Å². The van der Waals surface area contributed by atoms with Crippen molar-refractivity contribution in [3.05, 3.63) is 30.3 Å². The van der Waals surface area contributed by atoms with E-state index in [9.17, 15) is 5.11 Å². The number of aliphatic imine (C=N–C) groups is 1. The minimum absolute atomic E-state index is 0.111. The molecule has 0 aromatic heterocycles. The highest BCUT2D eigenvalue weighted by molar-refractivity contribution is 5.82. The van der Waals surface area contributed by atoms with E-state index in [1.165, 1.54) is 0 Å². The minimum atomic E-state index is -0.596. The van der Waals surface area contributed by atoms with Crippen molar-refractivity contribution in [2.24, 2.45) is 10.9 Å². The number of ether oxygens (including phenoxy) is 1. The second kappa shape index (κ2) is 5.85. The van der Waals surface area contributed by atoms with Gasteiger partial charge >= 0.3 is 0 Å². The molecule has 0 spiro atoms. The number of aliphatic hydroxyl groups is 1. The Kier molecular flexibility index (Phi) is 4.18. The molecular formula is C15H18N2O2. The van der Waals surface area contributed by atoms with Gasteiger partial charge in [-0.1, -0.05) is 18.2 Å². The summed E-state index contributed by atoms with van der Waals surface area (Å²) in [5.74, 6) is 1.26. The number of para-hydroxylation sites is 1. The Morgan fingerprint density at radius 3 is 2.58 bits per heavy atom. The normalized spacial score (nSPS) is 27.6. The van der Waals surface area contributed by atoms with Gasteiger partial charge in [0.05, 0.1) is 5.60 Å². The zero-order valence-corrected chi connectivity index (χ0v) is 11.0. The molecule has 1 aromatic carbocycles. The first-order chi connectivity index (χ1) is 9.11. The van der Waals surface area contributed by atoms with Gasteiger partial charge < -0.3 is 9.84 Å². The monoisotopic (exact) mass is 258 g/mol. The largest absolute Gasteiger partial charge is 0.442 e. The van der Waals surface area contributed by atoms with Crippen LogP contribution in [0, 0.1) is 17.4 Å². The van der Waals surface area contributed by atoms with Crippen molar-refractivity contribution in [1.82, 2.24) is 0 Å². The maximum atomic E-state index is 9.95. The second-order valence-electron chi connectivity index (χ2n) is 5.24. The van der Waals surface area contributed by atoms with Gasteiger partial charge in [0.1, 0.15) is 5.75 Å². The predicted molar refractivity (Wildman–Crippen MR) is 72.7 cm³/mol. The van der Waals surface area contributed by atoms with E-state index < -0.39 is 5.60 Å². The Labute approximate surface area is 113 Å². The summed E-state index contributed by atoms with van der Waals surface area (Å²) >= 11 is 0. The van der Waals surface area contributed by atoms with Crippen LogP contribution in [0.1, 0.15) is 32.6 Å². The first-order valence-electron chi connectivity index (χ1n) is 6.53. The van der Waals surface area contributed by atoms with Gasteiger partial charge in [0.2, 0.25) is 12.1 Å². The van der Waals surface area contributed by atoms with Gasteiger partial charge in [-0.25, -0.2) is 0 Å². The van der Waals surface area contributed by atoms with Crippen molar-refractivity contribution in [2.45, 2.75) is 38.2 Å². The molecule has 1 aliphatic carbocycles. The van der Waals surface area contributed by atoms with Crippen molar-refractivity contribution < 1.29 is 9.84 Å². The van der Waals surface area contributed by atoms with Gasteiger partial charge in [-0.3, -0.25) is 0 Å².